The van der Waals surface area contributed by atoms with Gasteiger partial charge >= 0.3 is 0 Å². The first kappa shape index (κ1) is 25.1. The third kappa shape index (κ3) is 5.02. The van der Waals surface area contributed by atoms with Crippen LogP contribution in [0.25, 0.3) is 22.0 Å². The molecule has 1 saturated carbocycles. The molecule has 2 heterocycles. The van der Waals surface area contributed by atoms with Crippen LogP contribution in [0, 0.1) is 20.8 Å². The van der Waals surface area contributed by atoms with E-state index in [0.717, 1.165) is 40.0 Å². The van der Waals surface area contributed by atoms with Crippen LogP contribution in [0.4, 0.5) is 0 Å². The highest BCUT2D eigenvalue weighted by Crippen LogP contribution is 2.36. The molecule has 0 bridgehead atoms. The number of hydrogen-bond acceptors (Lipinski definition) is 4. The van der Waals surface area contributed by atoms with E-state index in [0.29, 0.717) is 40.2 Å². The summed E-state index contributed by atoms with van der Waals surface area (Å²) in [6.07, 6.45) is 3.35. The number of halogens is 1. The topological polar surface area (TPSA) is 96.4 Å². The van der Waals surface area contributed by atoms with Crippen molar-refractivity contribution in [3.8, 4) is 22.6 Å². The molecule has 0 saturated heterocycles. The van der Waals surface area contributed by atoms with E-state index in [1.807, 2.05) is 51.1 Å². The normalized spacial score (nSPS) is 17.4. The Bertz CT molecular complexity index is 1560. The van der Waals surface area contributed by atoms with E-state index < -0.39 is 0 Å². The minimum atomic E-state index is -0.384. The van der Waals surface area contributed by atoms with Crippen molar-refractivity contribution in [3.05, 3.63) is 80.4 Å². The number of aliphatic hydroxyl groups excluding tert-OH is 1. The zero-order valence-corrected chi connectivity index (χ0v) is 22.1. The quantitative estimate of drug-likeness (QED) is 0.322. The summed E-state index contributed by atoms with van der Waals surface area (Å²) in [5.74, 6) is 1.13. The number of nitrogens with zero attached hydrogens (tertiary/aromatic N) is 1. The maximum atomic E-state index is 13.0. The van der Waals surface area contributed by atoms with Gasteiger partial charge < -0.3 is 24.7 Å². The van der Waals surface area contributed by atoms with Crippen LogP contribution in [0.1, 0.15) is 46.4 Å². The minimum Gasteiger partial charge on any atom is -0.457 e. The van der Waals surface area contributed by atoms with Crippen LogP contribution in [0.5, 0.6) is 11.5 Å². The number of carbonyl (C=O) groups excluding carboxylic acids is 1. The second-order valence-corrected chi connectivity index (χ2v) is 10.5. The molecular formula is C29H30ClN3O4. The van der Waals surface area contributed by atoms with Crippen molar-refractivity contribution in [2.24, 2.45) is 7.05 Å². The molecule has 0 unspecified atom stereocenters. The number of aromatic nitrogens is 2. The van der Waals surface area contributed by atoms with Crippen LogP contribution in [-0.4, -0.2) is 32.7 Å². The highest BCUT2D eigenvalue weighted by atomic mass is 35.5. The van der Waals surface area contributed by atoms with Crippen molar-refractivity contribution in [3.63, 3.8) is 0 Å². The van der Waals surface area contributed by atoms with Crippen molar-refractivity contribution < 1.29 is 14.6 Å². The summed E-state index contributed by atoms with van der Waals surface area (Å²) in [5.41, 5.74) is 5.01. The van der Waals surface area contributed by atoms with Gasteiger partial charge in [-0.1, -0.05) is 17.7 Å². The van der Waals surface area contributed by atoms with Crippen LogP contribution in [0.3, 0.4) is 0 Å². The Morgan fingerprint density at radius 3 is 2.51 bits per heavy atom. The molecule has 0 radical (unpaired) electrons. The van der Waals surface area contributed by atoms with Gasteiger partial charge in [-0.05, 0) is 92.6 Å². The third-order valence-corrected chi connectivity index (χ3v) is 7.17. The lowest BCUT2D eigenvalue weighted by Gasteiger charge is -2.15. The van der Waals surface area contributed by atoms with Gasteiger partial charge in [0.05, 0.1) is 6.10 Å². The van der Waals surface area contributed by atoms with E-state index in [-0.39, 0.29) is 23.6 Å². The van der Waals surface area contributed by atoms with Crippen molar-refractivity contribution in [1.82, 2.24) is 14.9 Å². The van der Waals surface area contributed by atoms with Gasteiger partial charge in [-0.3, -0.25) is 9.59 Å². The Labute approximate surface area is 220 Å². The minimum absolute atomic E-state index is 0.0764. The predicted octanol–water partition coefficient (Wildman–Crippen LogP) is 5.55. The number of amides is 1. The summed E-state index contributed by atoms with van der Waals surface area (Å²) in [5, 5.41) is 14.1. The zero-order valence-electron chi connectivity index (χ0n) is 21.3. The molecule has 8 heteroatoms. The van der Waals surface area contributed by atoms with E-state index >= 15 is 0 Å². The number of fused-ring (bicyclic) bond motifs is 1. The Morgan fingerprint density at radius 2 is 1.84 bits per heavy atom. The number of ether oxygens (including phenoxy) is 1. The Kier molecular flexibility index (Phi) is 6.60. The molecule has 0 spiro atoms. The predicted molar refractivity (Wildman–Crippen MR) is 146 cm³/mol. The van der Waals surface area contributed by atoms with Gasteiger partial charge in [0, 0.05) is 35.3 Å². The maximum Gasteiger partial charge on any atom is 0.274 e. The molecule has 7 nitrogen and oxygen atoms in total. The molecule has 192 valence electrons. The van der Waals surface area contributed by atoms with E-state index in [1.54, 1.807) is 19.3 Å². The highest BCUT2D eigenvalue weighted by molar-refractivity contribution is 6.30. The van der Waals surface area contributed by atoms with Crippen LogP contribution >= 0.6 is 11.6 Å². The average molecular weight is 520 g/mol. The number of carbonyl (C=O) groups is 1. The fraction of sp³-hybridized carbons (Fsp3) is 0.310. The van der Waals surface area contributed by atoms with E-state index in [9.17, 15) is 14.7 Å². The molecule has 2 aromatic carbocycles. The monoisotopic (exact) mass is 519 g/mol. The summed E-state index contributed by atoms with van der Waals surface area (Å²) in [4.78, 5) is 28.9. The average Bonchev–Trinajstić information content (AvgIpc) is 3.45. The van der Waals surface area contributed by atoms with Gasteiger partial charge in [0.15, 0.2) is 0 Å². The first-order valence-corrected chi connectivity index (χ1v) is 12.7. The summed E-state index contributed by atoms with van der Waals surface area (Å²) < 4.78 is 7.82. The number of aryl methyl sites for hydroxylation is 4. The van der Waals surface area contributed by atoms with Crippen LogP contribution in [0.15, 0.2) is 47.4 Å². The van der Waals surface area contributed by atoms with Gasteiger partial charge in [-0.15, -0.1) is 0 Å². The molecule has 1 aliphatic carbocycles. The lowest BCUT2D eigenvalue weighted by Crippen LogP contribution is -2.33. The molecule has 5 rings (SSSR count). The van der Waals surface area contributed by atoms with Crippen molar-refractivity contribution >= 4 is 28.4 Å². The van der Waals surface area contributed by atoms with Gasteiger partial charge in [0.2, 0.25) is 0 Å². The lowest BCUT2D eigenvalue weighted by atomic mass is 10.0. The number of nitrogens with one attached hydrogen (secondary N) is 2. The molecule has 2 aromatic heterocycles. The van der Waals surface area contributed by atoms with Crippen molar-refractivity contribution in [2.45, 2.75) is 52.2 Å². The Hall–Kier alpha value is -3.55. The number of benzene rings is 2. The molecule has 2 atom stereocenters. The first-order chi connectivity index (χ1) is 17.6. The molecule has 4 aromatic rings. The zero-order chi connectivity index (χ0) is 26.4. The first-order valence-electron chi connectivity index (χ1n) is 12.4. The van der Waals surface area contributed by atoms with Gasteiger partial charge in [0.25, 0.3) is 11.5 Å². The number of H-pyrrole nitrogens is 1. The van der Waals surface area contributed by atoms with Crippen LogP contribution < -0.4 is 15.6 Å². The number of aromatic amines is 1. The van der Waals surface area contributed by atoms with E-state index in [1.165, 1.54) is 4.57 Å². The molecule has 1 aliphatic rings. The molecule has 3 N–H and O–H groups in total. The summed E-state index contributed by atoms with van der Waals surface area (Å²) in [6.45, 7) is 5.91. The molecule has 1 fully saturated rings. The molecule has 1 amide bonds. The Morgan fingerprint density at radius 1 is 1.11 bits per heavy atom. The summed E-state index contributed by atoms with van der Waals surface area (Å²) >= 11 is 6.19. The number of aliphatic hydroxyl groups is 1. The van der Waals surface area contributed by atoms with Gasteiger partial charge in [0.1, 0.15) is 22.7 Å². The van der Waals surface area contributed by atoms with E-state index in [2.05, 4.69) is 10.3 Å². The second kappa shape index (κ2) is 9.72. The fourth-order valence-electron chi connectivity index (χ4n) is 5.18. The largest absolute Gasteiger partial charge is 0.457 e. The third-order valence-electron chi connectivity index (χ3n) is 6.96. The van der Waals surface area contributed by atoms with Gasteiger partial charge in [-0.2, -0.15) is 0 Å². The van der Waals surface area contributed by atoms with E-state index in [4.69, 9.17) is 16.3 Å². The lowest BCUT2D eigenvalue weighted by molar-refractivity contribution is 0.0929. The van der Waals surface area contributed by atoms with Gasteiger partial charge in [-0.25, -0.2) is 0 Å². The summed E-state index contributed by atoms with van der Waals surface area (Å²) in [6, 6.07) is 11.3. The molecule has 0 aliphatic heterocycles. The van der Waals surface area contributed by atoms with Crippen LogP contribution in [0.2, 0.25) is 5.02 Å². The number of rotatable bonds is 5. The van der Waals surface area contributed by atoms with Crippen molar-refractivity contribution in [1.29, 1.82) is 0 Å². The number of hydrogen-bond donors (Lipinski definition) is 3. The smallest absolute Gasteiger partial charge is 0.274 e. The Balaban J connectivity index is 1.55. The number of pyridine rings is 1. The summed E-state index contributed by atoms with van der Waals surface area (Å²) in [7, 11) is 1.69. The standard InChI is InChI=1S/C29H30ClN3O4/c1-15-7-18(11-22(8-15)37-27-16(2)9-19(30)10-17(27)3)24-14-33(4)29(36)26-23(24)13-25(32-26)28(35)31-20-5-6-21(34)12-20/h7-11,13-14,20-21,32,34H,5-6,12H2,1-4H3,(H,31,35)/t20-,21-/m0/s1. The second-order valence-electron chi connectivity index (χ2n) is 10.1. The SMILES string of the molecule is Cc1cc(Oc2c(C)cc(Cl)cc2C)cc(-c2cn(C)c(=O)c3[nH]c(C(=O)N[C@H]4CC[C@H](O)C4)cc23)c1. The molecule has 37 heavy (non-hydrogen) atoms. The molecular weight excluding hydrogens is 490 g/mol. The maximum absolute atomic E-state index is 13.0. The van der Waals surface area contributed by atoms with Crippen LogP contribution in [-0.2, 0) is 7.05 Å². The fourth-order valence-corrected chi connectivity index (χ4v) is 5.50. The van der Waals surface area contributed by atoms with Crippen molar-refractivity contribution in [2.75, 3.05) is 0 Å². The highest BCUT2D eigenvalue weighted by Gasteiger charge is 2.25.